The molecule has 2 aromatic rings. The second-order valence-corrected chi connectivity index (χ2v) is 7.15. The standard InChI is InChI=1S/C22H32N2O4/c1-3-4-5-9-18(25)10-6-8-17-13-14-21-23-15-19(24(21)16-17)20(26)11-7-12-22(27)28-2/h6,8,13-16,18,20,25-26H,3-5,7,9-12H2,1-2H3/b8-6+. The summed E-state index contributed by atoms with van der Waals surface area (Å²) in [5.74, 6) is -0.269. The van der Waals surface area contributed by atoms with Crippen LogP contribution in [-0.2, 0) is 9.53 Å². The zero-order chi connectivity index (χ0) is 20.4. The normalized spacial score (nSPS) is 13.9. The highest BCUT2D eigenvalue weighted by Gasteiger charge is 2.14. The van der Waals surface area contributed by atoms with E-state index < -0.39 is 6.10 Å². The number of methoxy groups -OCH3 is 1. The lowest BCUT2D eigenvalue weighted by molar-refractivity contribution is -0.140. The summed E-state index contributed by atoms with van der Waals surface area (Å²) in [6.45, 7) is 2.16. The lowest BCUT2D eigenvalue weighted by atomic mass is 10.1. The highest BCUT2D eigenvalue weighted by Crippen LogP contribution is 2.21. The van der Waals surface area contributed by atoms with E-state index >= 15 is 0 Å². The maximum atomic E-state index is 11.2. The molecule has 2 N–H and O–H groups in total. The third-order valence-electron chi connectivity index (χ3n) is 4.84. The Bertz CT molecular complexity index is 769. The highest BCUT2D eigenvalue weighted by atomic mass is 16.5. The predicted molar refractivity (Wildman–Crippen MR) is 110 cm³/mol. The zero-order valence-corrected chi connectivity index (χ0v) is 16.9. The Labute approximate surface area is 166 Å². The molecule has 2 aromatic heterocycles. The number of imidazole rings is 1. The summed E-state index contributed by atoms with van der Waals surface area (Å²) in [6, 6.07) is 3.87. The van der Waals surface area contributed by atoms with Gasteiger partial charge in [0.05, 0.1) is 31.2 Å². The van der Waals surface area contributed by atoms with Crippen LogP contribution in [0.5, 0.6) is 0 Å². The topological polar surface area (TPSA) is 84.1 Å². The maximum Gasteiger partial charge on any atom is 0.305 e. The Hall–Kier alpha value is -2.18. The lowest BCUT2D eigenvalue weighted by Gasteiger charge is -2.10. The molecule has 0 fully saturated rings. The summed E-state index contributed by atoms with van der Waals surface area (Å²) in [5.41, 5.74) is 2.45. The fraction of sp³-hybridized carbons (Fsp3) is 0.545. The van der Waals surface area contributed by atoms with Crippen molar-refractivity contribution in [3.8, 4) is 0 Å². The van der Waals surface area contributed by atoms with Gasteiger partial charge in [-0.2, -0.15) is 0 Å². The Morgan fingerprint density at radius 2 is 2.07 bits per heavy atom. The van der Waals surface area contributed by atoms with Crippen LogP contribution in [0.3, 0.4) is 0 Å². The molecular formula is C22H32N2O4. The second kappa shape index (κ2) is 11.6. The van der Waals surface area contributed by atoms with Crippen molar-refractivity contribution >= 4 is 17.7 Å². The number of hydrogen-bond donors (Lipinski definition) is 2. The number of aromatic nitrogens is 2. The number of carbonyl (C=O) groups is 1. The predicted octanol–water partition coefficient (Wildman–Crippen LogP) is 4.06. The minimum Gasteiger partial charge on any atom is -0.469 e. The fourth-order valence-corrected chi connectivity index (χ4v) is 3.16. The van der Waals surface area contributed by atoms with Gasteiger partial charge in [0.15, 0.2) is 0 Å². The van der Waals surface area contributed by atoms with Gasteiger partial charge in [0.25, 0.3) is 0 Å². The van der Waals surface area contributed by atoms with E-state index in [1.54, 1.807) is 6.20 Å². The number of aliphatic hydroxyl groups is 2. The largest absolute Gasteiger partial charge is 0.469 e. The van der Waals surface area contributed by atoms with Crippen LogP contribution in [0.1, 0.15) is 75.7 Å². The van der Waals surface area contributed by atoms with Crippen LogP contribution in [0.25, 0.3) is 11.7 Å². The number of hydrogen-bond acceptors (Lipinski definition) is 5. The molecule has 28 heavy (non-hydrogen) atoms. The van der Waals surface area contributed by atoms with Crippen molar-refractivity contribution in [3.63, 3.8) is 0 Å². The van der Waals surface area contributed by atoms with Crippen molar-refractivity contribution < 1.29 is 19.7 Å². The van der Waals surface area contributed by atoms with E-state index in [0.29, 0.717) is 31.4 Å². The van der Waals surface area contributed by atoms with E-state index in [1.807, 2.05) is 34.9 Å². The van der Waals surface area contributed by atoms with E-state index in [1.165, 1.54) is 7.11 Å². The van der Waals surface area contributed by atoms with Gasteiger partial charge in [-0.3, -0.25) is 4.79 Å². The highest BCUT2D eigenvalue weighted by molar-refractivity contribution is 5.69. The van der Waals surface area contributed by atoms with Crippen LogP contribution in [0.4, 0.5) is 0 Å². The van der Waals surface area contributed by atoms with E-state index in [4.69, 9.17) is 0 Å². The molecule has 0 saturated heterocycles. The smallest absolute Gasteiger partial charge is 0.305 e. The van der Waals surface area contributed by atoms with Crippen LogP contribution in [-0.4, -0.2) is 38.8 Å². The first-order valence-corrected chi connectivity index (χ1v) is 10.1. The zero-order valence-electron chi connectivity index (χ0n) is 16.9. The molecule has 0 aliphatic heterocycles. The van der Waals surface area contributed by atoms with Crippen molar-refractivity contribution in [1.82, 2.24) is 9.38 Å². The van der Waals surface area contributed by atoms with E-state index in [2.05, 4.69) is 16.6 Å². The van der Waals surface area contributed by atoms with Crippen molar-refractivity contribution in [2.45, 2.75) is 70.5 Å². The molecule has 2 unspecified atom stereocenters. The number of pyridine rings is 1. The van der Waals surface area contributed by atoms with E-state index in [9.17, 15) is 15.0 Å². The number of carbonyl (C=O) groups excluding carboxylic acids is 1. The Morgan fingerprint density at radius 1 is 1.25 bits per heavy atom. The summed E-state index contributed by atoms with van der Waals surface area (Å²) in [7, 11) is 1.36. The number of esters is 1. The molecule has 6 nitrogen and oxygen atoms in total. The molecule has 0 aliphatic carbocycles. The first-order chi connectivity index (χ1) is 13.5. The molecule has 0 aliphatic rings. The summed E-state index contributed by atoms with van der Waals surface area (Å²) < 4.78 is 6.50. The van der Waals surface area contributed by atoms with Gasteiger partial charge in [0, 0.05) is 12.6 Å². The molecule has 0 aromatic carbocycles. The third-order valence-corrected chi connectivity index (χ3v) is 4.84. The molecule has 0 amide bonds. The SMILES string of the molecule is CCCCCC(O)C/C=C/c1ccc2ncc(C(O)CCCC(=O)OC)n2c1. The maximum absolute atomic E-state index is 11.2. The van der Waals surface area contributed by atoms with E-state index in [0.717, 1.165) is 36.9 Å². The van der Waals surface area contributed by atoms with Gasteiger partial charge in [-0.25, -0.2) is 4.98 Å². The van der Waals surface area contributed by atoms with Crippen molar-refractivity contribution in [1.29, 1.82) is 0 Å². The molecule has 0 saturated carbocycles. The average molecular weight is 389 g/mol. The Morgan fingerprint density at radius 3 is 2.82 bits per heavy atom. The minimum atomic E-state index is -0.695. The van der Waals surface area contributed by atoms with Gasteiger partial charge in [-0.15, -0.1) is 0 Å². The molecule has 0 radical (unpaired) electrons. The van der Waals surface area contributed by atoms with Crippen LogP contribution < -0.4 is 0 Å². The molecule has 6 heteroatoms. The van der Waals surface area contributed by atoms with Crippen LogP contribution in [0.15, 0.2) is 30.6 Å². The molecule has 0 bridgehead atoms. The van der Waals surface area contributed by atoms with Gasteiger partial charge in [-0.1, -0.05) is 38.3 Å². The summed E-state index contributed by atoms with van der Waals surface area (Å²) >= 11 is 0. The van der Waals surface area contributed by atoms with Gasteiger partial charge >= 0.3 is 5.97 Å². The fourth-order valence-electron chi connectivity index (χ4n) is 3.16. The number of nitrogens with zero attached hydrogens (tertiary/aromatic N) is 2. The quantitative estimate of drug-likeness (QED) is 0.423. The Balaban J connectivity index is 1.97. The minimum absolute atomic E-state index is 0.269. The number of ether oxygens (including phenoxy) is 1. The summed E-state index contributed by atoms with van der Waals surface area (Å²) in [6.07, 6.45) is 12.7. The van der Waals surface area contributed by atoms with Crippen molar-refractivity contribution in [3.05, 3.63) is 41.9 Å². The van der Waals surface area contributed by atoms with Crippen LogP contribution in [0.2, 0.25) is 0 Å². The van der Waals surface area contributed by atoms with Crippen molar-refractivity contribution in [2.75, 3.05) is 7.11 Å². The number of unbranched alkanes of at least 4 members (excludes halogenated alkanes) is 2. The lowest BCUT2D eigenvalue weighted by Crippen LogP contribution is -2.05. The van der Waals surface area contributed by atoms with Crippen LogP contribution in [0, 0.1) is 0 Å². The molecule has 154 valence electrons. The first-order valence-electron chi connectivity index (χ1n) is 10.1. The molecule has 2 rings (SSSR count). The van der Waals surface area contributed by atoms with E-state index in [-0.39, 0.29) is 12.1 Å². The number of aliphatic hydroxyl groups excluding tert-OH is 2. The molecule has 2 heterocycles. The average Bonchev–Trinajstić information content (AvgIpc) is 3.11. The van der Waals surface area contributed by atoms with Crippen molar-refractivity contribution in [2.24, 2.45) is 0 Å². The molecular weight excluding hydrogens is 356 g/mol. The van der Waals surface area contributed by atoms with Gasteiger partial charge in [-0.05, 0) is 43.4 Å². The van der Waals surface area contributed by atoms with Gasteiger partial charge < -0.3 is 19.4 Å². The van der Waals surface area contributed by atoms with Crippen LogP contribution >= 0.6 is 0 Å². The monoisotopic (exact) mass is 388 g/mol. The summed E-state index contributed by atoms with van der Waals surface area (Å²) in [5, 5.41) is 20.5. The van der Waals surface area contributed by atoms with Gasteiger partial charge in [0.1, 0.15) is 5.65 Å². The molecule has 2 atom stereocenters. The number of fused-ring (bicyclic) bond motifs is 1. The Kier molecular flexibility index (Phi) is 9.17. The second-order valence-electron chi connectivity index (χ2n) is 7.15. The van der Waals surface area contributed by atoms with Gasteiger partial charge in [0.2, 0.25) is 0 Å². The number of rotatable bonds is 12. The first kappa shape index (κ1) is 22.1. The third kappa shape index (κ3) is 6.77. The summed E-state index contributed by atoms with van der Waals surface area (Å²) in [4.78, 5) is 15.5. The molecule has 0 spiro atoms.